The minimum absolute atomic E-state index is 0.0731. The molecule has 0 aliphatic carbocycles. The minimum Gasteiger partial charge on any atom is -0.348 e. The molecule has 1 atom stereocenters. The summed E-state index contributed by atoms with van der Waals surface area (Å²) >= 11 is 5.99. The van der Waals surface area contributed by atoms with Gasteiger partial charge in [-0.05, 0) is 37.0 Å². The molecule has 21 heavy (non-hydrogen) atoms. The van der Waals surface area contributed by atoms with Crippen LogP contribution < -0.4 is 5.32 Å². The summed E-state index contributed by atoms with van der Waals surface area (Å²) < 4.78 is 0. The lowest BCUT2D eigenvalue weighted by Gasteiger charge is -2.27. The van der Waals surface area contributed by atoms with Crippen molar-refractivity contribution in [1.29, 1.82) is 0 Å². The lowest BCUT2D eigenvalue weighted by atomic mass is 10.0. The first-order valence-electron chi connectivity index (χ1n) is 7.42. The third-order valence-corrected chi connectivity index (χ3v) is 3.99. The molecule has 0 spiro atoms. The van der Waals surface area contributed by atoms with Gasteiger partial charge in [-0.15, -0.1) is 0 Å². The first kappa shape index (κ1) is 15.8. The number of nitrogens with zero attached hydrogens (tertiary/aromatic N) is 1. The lowest BCUT2D eigenvalue weighted by Crippen LogP contribution is -2.43. The van der Waals surface area contributed by atoms with Crippen LogP contribution in [0.5, 0.6) is 0 Å². The molecule has 1 aliphatic rings. The number of amides is 2. The van der Waals surface area contributed by atoms with Crippen LogP contribution in [0.2, 0.25) is 5.02 Å². The Bertz CT molecular complexity index is 519. The summed E-state index contributed by atoms with van der Waals surface area (Å²) in [5, 5.41) is 3.65. The van der Waals surface area contributed by atoms with Crippen LogP contribution in [0.15, 0.2) is 24.3 Å². The molecular formula is C16H21ClN2O2. The van der Waals surface area contributed by atoms with Crippen LogP contribution in [-0.4, -0.2) is 29.8 Å². The minimum atomic E-state index is -0.114. The molecule has 1 heterocycles. The molecule has 1 aromatic rings. The largest absolute Gasteiger partial charge is 0.348 e. The Morgan fingerprint density at radius 1 is 1.43 bits per heavy atom. The molecule has 0 aromatic heterocycles. The quantitative estimate of drug-likeness (QED) is 0.909. The average molecular weight is 309 g/mol. The Kier molecular flexibility index (Phi) is 5.62. The molecule has 5 heteroatoms. The zero-order valence-corrected chi connectivity index (χ0v) is 13.0. The number of piperidine rings is 1. The Hall–Kier alpha value is -1.55. The molecule has 1 aliphatic heterocycles. The van der Waals surface area contributed by atoms with Gasteiger partial charge in [0.05, 0.1) is 12.6 Å². The fraction of sp³-hybridized carbons (Fsp3) is 0.500. The Morgan fingerprint density at radius 2 is 2.24 bits per heavy atom. The van der Waals surface area contributed by atoms with E-state index in [1.807, 2.05) is 31.2 Å². The van der Waals surface area contributed by atoms with Crippen LogP contribution in [0.3, 0.4) is 0 Å². The van der Waals surface area contributed by atoms with Crippen LogP contribution in [0.4, 0.5) is 0 Å². The molecule has 1 saturated heterocycles. The van der Waals surface area contributed by atoms with Crippen molar-refractivity contribution in [2.24, 2.45) is 0 Å². The van der Waals surface area contributed by atoms with Gasteiger partial charge in [0.15, 0.2) is 0 Å². The zero-order valence-electron chi connectivity index (χ0n) is 12.3. The van der Waals surface area contributed by atoms with E-state index in [-0.39, 0.29) is 24.4 Å². The van der Waals surface area contributed by atoms with Crippen LogP contribution in [0, 0.1) is 0 Å². The van der Waals surface area contributed by atoms with E-state index >= 15 is 0 Å². The summed E-state index contributed by atoms with van der Waals surface area (Å²) in [6.45, 7) is 2.84. The molecule has 0 radical (unpaired) electrons. The maximum Gasteiger partial charge on any atom is 0.240 e. The van der Waals surface area contributed by atoms with Gasteiger partial charge in [-0.3, -0.25) is 9.59 Å². The Labute approximate surface area is 130 Å². The normalized spacial score (nSPS) is 16.7. The number of carbonyl (C=O) groups is 2. The highest BCUT2D eigenvalue weighted by molar-refractivity contribution is 6.30. The van der Waals surface area contributed by atoms with Crippen molar-refractivity contribution < 1.29 is 9.59 Å². The lowest BCUT2D eigenvalue weighted by molar-refractivity contribution is -0.138. The van der Waals surface area contributed by atoms with E-state index in [0.29, 0.717) is 18.0 Å². The molecule has 114 valence electrons. The van der Waals surface area contributed by atoms with Crippen LogP contribution in [0.1, 0.15) is 44.2 Å². The van der Waals surface area contributed by atoms with Crippen LogP contribution in [0.25, 0.3) is 0 Å². The smallest absolute Gasteiger partial charge is 0.240 e. The summed E-state index contributed by atoms with van der Waals surface area (Å²) in [6.07, 6.45) is 3.24. The number of hydrogen-bond donors (Lipinski definition) is 1. The molecule has 0 saturated carbocycles. The summed E-state index contributed by atoms with van der Waals surface area (Å²) in [6, 6.07) is 7.43. The number of benzene rings is 1. The average Bonchev–Trinajstić information content (AvgIpc) is 2.47. The molecule has 1 N–H and O–H groups in total. The third-order valence-electron chi connectivity index (χ3n) is 3.75. The van der Waals surface area contributed by atoms with Gasteiger partial charge in [0.2, 0.25) is 11.8 Å². The molecule has 0 unspecified atom stereocenters. The fourth-order valence-corrected chi connectivity index (χ4v) is 2.79. The predicted molar refractivity (Wildman–Crippen MR) is 83.1 cm³/mol. The van der Waals surface area contributed by atoms with E-state index in [4.69, 9.17) is 11.6 Å². The molecule has 2 amide bonds. The van der Waals surface area contributed by atoms with E-state index in [0.717, 1.165) is 24.8 Å². The van der Waals surface area contributed by atoms with Gasteiger partial charge in [0.1, 0.15) is 0 Å². The van der Waals surface area contributed by atoms with Gasteiger partial charge < -0.3 is 10.2 Å². The number of nitrogens with one attached hydrogen (secondary N) is 1. The summed E-state index contributed by atoms with van der Waals surface area (Å²) in [4.78, 5) is 25.5. The summed E-state index contributed by atoms with van der Waals surface area (Å²) in [5.74, 6) is -0.0377. The maximum atomic E-state index is 12.1. The number of likely N-dealkylation sites (tertiary alicyclic amines) is 1. The Balaban J connectivity index is 1.95. The van der Waals surface area contributed by atoms with Gasteiger partial charge in [-0.1, -0.05) is 30.7 Å². The number of carbonyl (C=O) groups excluding carboxylic acids is 2. The highest BCUT2D eigenvalue weighted by atomic mass is 35.5. The molecule has 1 fully saturated rings. The second-order valence-electron chi connectivity index (χ2n) is 5.36. The van der Waals surface area contributed by atoms with E-state index in [1.54, 1.807) is 4.90 Å². The van der Waals surface area contributed by atoms with Gasteiger partial charge in [0, 0.05) is 18.0 Å². The summed E-state index contributed by atoms with van der Waals surface area (Å²) in [5.41, 5.74) is 0.989. The second kappa shape index (κ2) is 7.46. The van der Waals surface area contributed by atoms with Gasteiger partial charge in [-0.2, -0.15) is 0 Å². The monoisotopic (exact) mass is 308 g/mol. The van der Waals surface area contributed by atoms with Crippen LogP contribution in [-0.2, 0) is 9.59 Å². The van der Waals surface area contributed by atoms with E-state index in [9.17, 15) is 9.59 Å². The molecule has 2 rings (SSSR count). The third kappa shape index (κ3) is 4.46. The molecular weight excluding hydrogens is 288 g/mol. The fourth-order valence-electron chi connectivity index (χ4n) is 2.59. The Morgan fingerprint density at radius 3 is 2.90 bits per heavy atom. The highest BCUT2D eigenvalue weighted by Crippen LogP contribution is 2.20. The number of rotatable bonds is 5. The van der Waals surface area contributed by atoms with E-state index in [2.05, 4.69) is 5.32 Å². The molecule has 1 aromatic carbocycles. The van der Waals surface area contributed by atoms with Gasteiger partial charge in [-0.25, -0.2) is 0 Å². The second-order valence-corrected chi connectivity index (χ2v) is 5.79. The van der Waals surface area contributed by atoms with Crippen molar-refractivity contribution in [3.05, 3.63) is 34.9 Å². The summed E-state index contributed by atoms with van der Waals surface area (Å²) in [7, 11) is 0. The topological polar surface area (TPSA) is 49.4 Å². The molecule has 4 nitrogen and oxygen atoms in total. The first-order valence-corrected chi connectivity index (χ1v) is 7.80. The van der Waals surface area contributed by atoms with Gasteiger partial charge in [0.25, 0.3) is 0 Å². The SMILES string of the molecule is CC[C@H](NC(=O)CN1CCCCC1=O)c1cccc(Cl)c1. The first-order chi connectivity index (χ1) is 10.1. The number of hydrogen-bond acceptors (Lipinski definition) is 2. The standard InChI is InChI=1S/C16H21ClN2O2/c1-2-14(12-6-5-7-13(17)10-12)18-15(20)11-19-9-4-3-8-16(19)21/h5-7,10,14H,2-4,8-9,11H2,1H3,(H,18,20)/t14-/m0/s1. The van der Waals surface area contributed by atoms with E-state index < -0.39 is 0 Å². The van der Waals surface area contributed by atoms with Crippen molar-refractivity contribution in [2.45, 2.75) is 38.6 Å². The molecule has 0 bridgehead atoms. The van der Waals surface area contributed by atoms with Crippen molar-refractivity contribution >= 4 is 23.4 Å². The van der Waals surface area contributed by atoms with Gasteiger partial charge >= 0.3 is 0 Å². The number of halogens is 1. The zero-order chi connectivity index (χ0) is 15.2. The van der Waals surface area contributed by atoms with Crippen molar-refractivity contribution in [3.8, 4) is 0 Å². The van der Waals surface area contributed by atoms with E-state index in [1.165, 1.54) is 0 Å². The van der Waals surface area contributed by atoms with Crippen molar-refractivity contribution in [2.75, 3.05) is 13.1 Å². The highest BCUT2D eigenvalue weighted by Gasteiger charge is 2.21. The van der Waals surface area contributed by atoms with Crippen molar-refractivity contribution in [3.63, 3.8) is 0 Å². The predicted octanol–water partition coefficient (Wildman–Crippen LogP) is 2.92. The van der Waals surface area contributed by atoms with Crippen LogP contribution >= 0.6 is 11.6 Å². The maximum absolute atomic E-state index is 12.1. The van der Waals surface area contributed by atoms with Crippen molar-refractivity contribution in [1.82, 2.24) is 10.2 Å².